The van der Waals surface area contributed by atoms with Crippen LogP contribution in [0.1, 0.15) is 10.4 Å². The van der Waals surface area contributed by atoms with Crippen LogP contribution in [0.25, 0.3) is 11.3 Å². The summed E-state index contributed by atoms with van der Waals surface area (Å²) in [5, 5.41) is 7.03. The van der Waals surface area contributed by atoms with E-state index in [1.165, 1.54) is 0 Å². The zero-order valence-corrected chi connectivity index (χ0v) is 16.4. The lowest BCUT2D eigenvalue weighted by Crippen LogP contribution is -2.38. The first-order valence-electron chi connectivity index (χ1n) is 9.06. The molecule has 1 saturated heterocycles. The van der Waals surface area contributed by atoms with Gasteiger partial charge in [0.25, 0.3) is 5.91 Å². The Morgan fingerprint density at radius 2 is 2.07 bits per heavy atom. The molecule has 1 N–H and O–H groups in total. The van der Waals surface area contributed by atoms with Crippen molar-refractivity contribution in [3.05, 3.63) is 58.8 Å². The van der Waals surface area contributed by atoms with Crippen LogP contribution < -0.4 is 15.0 Å². The van der Waals surface area contributed by atoms with Gasteiger partial charge in [-0.25, -0.2) is 4.98 Å². The molecular formula is C21H21N3O3S. The molecule has 3 aromatic rings. The van der Waals surface area contributed by atoms with Crippen LogP contribution in [-0.4, -0.2) is 44.3 Å². The highest BCUT2D eigenvalue weighted by atomic mass is 32.1. The molecule has 6 nitrogen and oxygen atoms in total. The molecule has 1 aromatic carbocycles. The highest BCUT2D eigenvalue weighted by Crippen LogP contribution is 2.27. The quantitative estimate of drug-likeness (QED) is 0.710. The lowest BCUT2D eigenvalue weighted by atomic mass is 10.1. The molecular weight excluding hydrogens is 374 g/mol. The molecule has 1 aliphatic rings. The summed E-state index contributed by atoms with van der Waals surface area (Å²) < 4.78 is 10.7. The lowest BCUT2D eigenvalue weighted by molar-refractivity contribution is 0.102. The van der Waals surface area contributed by atoms with Crippen LogP contribution >= 0.6 is 11.3 Å². The van der Waals surface area contributed by atoms with E-state index in [4.69, 9.17) is 14.5 Å². The third kappa shape index (κ3) is 4.00. The number of morpholine rings is 1. The average Bonchev–Trinajstić information content (AvgIpc) is 3.29. The van der Waals surface area contributed by atoms with Crippen LogP contribution in [-0.2, 0) is 4.74 Å². The fourth-order valence-corrected chi connectivity index (χ4v) is 3.76. The number of benzene rings is 1. The van der Waals surface area contributed by atoms with Gasteiger partial charge in [0, 0.05) is 35.8 Å². The largest absolute Gasteiger partial charge is 0.497 e. The highest BCUT2D eigenvalue weighted by Gasteiger charge is 2.21. The molecule has 1 aliphatic heterocycles. The smallest absolute Gasteiger partial charge is 0.259 e. The standard InChI is InChI=1S/C21H21N3O3S/c1-26-17-4-2-3-16(13-17)22-21(25)18-5-6-19(15-7-12-28-14-15)23-20(18)24-8-10-27-11-9-24/h2-7,12-14H,8-11H2,1H3,(H,22,25). The van der Waals surface area contributed by atoms with Gasteiger partial charge in [0.15, 0.2) is 0 Å². The minimum atomic E-state index is -0.195. The van der Waals surface area contributed by atoms with E-state index in [1.54, 1.807) is 24.5 Å². The fourth-order valence-electron chi connectivity index (χ4n) is 3.11. The number of hydrogen-bond acceptors (Lipinski definition) is 6. The number of nitrogens with zero attached hydrogens (tertiary/aromatic N) is 2. The van der Waals surface area contributed by atoms with Crippen LogP contribution in [0.5, 0.6) is 5.75 Å². The minimum Gasteiger partial charge on any atom is -0.497 e. The summed E-state index contributed by atoms with van der Waals surface area (Å²) >= 11 is 1.63. The molecule has 0 atom stereocenters. The number of nitrogens with one attached hydrogen (secondary N) is 1. The van der Waals surface area contributed by atoms with Crippen molar-refractivity contribution < 1.29 is 14.3 Å². The van der Waals surface area contributed by atoms with Crippen LogP contribution in [0.15, 0.2) is 53.2 Å². The topological polar surface area (TPSA) is 63.7 Å². The van der Waals surface area contributed by atoms with Gasteiger partial charge in [0.05, 0.1) is 31.6 Å². The van der Waals surface area contributed by atoms with E-state index in [0.717, 1.165) is 11.3 Å². The molecule has 0 spiro atoms. The zero-order chi connectivity index (χ0) is 19.3. The maximum absolute atomic E-state index is 13.0. The monoisotopic (exact) mass is 395 g/mol. The van der Waals surface area contributed by atoms with Gasteiger partial charge in [0.1, 0.15) is 11.6 Å². The number of pyridine rings is 1. The van der Waals surface area contributed by atoms with E-state index < -0.39 is 0 Å². The van der Waals surface area contributed by atoms with Crippen molar-refractivity contribution in [3.63, 3.8) is 0 Å². The summed E-state index contributed by atoms with van der Waals surface area (Å²) in [4.78, 5) is 20.0. The zero-order valence-electron chi connectivity index (χ0n) is 15.6. The van der Waals surface area contributed by atoms with Crippen molar-refractivity contribution in [1.29, 1.82) is 0 Å². The van der Waals surface area contributed by atoms with E-state index in [1.807, 2.05) is 41.8 Å². The Balaban J connectivity index is 1.67. The number of aromatic nitrogens is 1. The summed E-state index contributed by atoms with van der Waals surface area (Å²) in [5.74, 6) is 1.18. The third-order valence-corrected chi connectivity index (χ3v) is 5.26. The van der Waals surface area contributed by atoms with Crippen molar-refractivity contribution in [2.45, 2.75) is 0 Å². The van der Waals surface area contributed by atoms with E-state index in [9.17, 15) is 4.79 Å². The Morgan fingerprint density at radius 1 is 1.21 bits per heavy atom. The van der Waals surface area contributed by atoms with E-state index in [0.29, 0.717) is 49.1 Å². The number of rotatable bonds is 5. The number of thiophene rings is 1. The number of ether oxygens (including phenoxy) is 2. The van der Waals surface area contributed by atoms with Gasteiger partial charge in [-0.2, -0.15) is 11.3 Å². The van der Waals surface area contributed by atoms with Crippen molar-refractivity contribution >= 4 is 28.7 Å². The Labute approximate surface area is 167 Å². The van der Waals surface area contributed by atoms with Crippen LogP contribution in [0.3, 0.4) is 0 Å². The summed E-state index contributed by atoms with van der Waals surface area (Å²) in [6.45, 7) is 2.67. The van der Waals surface area contributed by atoms with Gasteiger partial charge < -0.3 is 19.7 Å². The summed E-state index contributed by atoms with van der Waals surface area (Å²) in [6.07, 6.45) is 0. The molecule has 7 heteroatoms. The van der Waals surface area contributed by atoms with Crippen LogP contribution in [0.4, 0.5) is 11.5 Å². The van der Waals surface area contributed by atoms with Gasteiger partial charge in [-0.05, 0) is 35.7 Å². The van der Waals surface area contributed by atoms with Crippen molar-refractivity contribution in [2.75, 3.05) is 43.6 Å². The first-order valence-corrected chi connectivity index (χ1v) is 10.0. The van der Waals surface area contributed by atoms with Crippen molar-refractivity contribution in [2.24, 2.45) is 0 Å². The van der Waals surface area contributed by atoms with Crippen molar-refractivity contribution in [1.82, 2.24) is 4.98 Å². The molecule has 0 aliphatic carbocycles. The number of methoxy groups -OCH3 is 1. The van der Waals surface area contributed by atoms with Gasteiger partial charge in [-0.1, -0.05) is 6.07 Å². The van der Waals surface area contributed by atoms with E-state index in [2.05, 4.69) is 15.6 Å². The van der Waals surface area contributed by atoms with Gasteiger partial charge >= 0.3 is 0 Å². The third-order valence-electron chi connectivity index (χ3n) is 4.57. The summed E-state index contributed by atoms with van der Waals surface area (Å²) in [7, 11) is 1.60. The molecule has 4 rings (SSSR count). The molecule has 3 heterocycles. The van der Waals surface area contributed by atoms with Crippen molar-refractivity contribution in [3.8, 4) is 17.0 Å². The molecule has 28 heavy (non-hydrogen) atoms. The molecule has 0 radical (unpaired) electrons. The summed E-state index contributed by atoms with van der Waals surface area (Å²) in [6, 6.07) is 13.1. The Hall–Kier alpha value is -2.90. The Bertz CT molecular complexity index is 953. The lowest BCUT2D eigenvalue weighted by Gasteiger charge is -2.29. The first-order chi connectivity index (χ1) is 13.7. The van der Waals surface area contributed by atoms with E-state index >= 15 is 0 Å². The predicted molar refractivity (Wildman–Crippen MR) is 112 cm³/mol. The van der Waals surface area contributed by atoms with Gasteiger partial charge in [-0.3, -0.25) is 4.79 Å². The first kappa shape index (κ1) is 18.5. The molecule has 0 bridgehead atoms. The molecule has 0 unspecified atom stereocenters. The number of carbonyl (C=O) groups excluding carboxylic acids is 1. The average molecular weight is 395 g/mol. The fraction of sp³-hybridized carbons (Fsp3) is 0.238. The highest BCUT2D eigenvalue weighted by molar-refractivity contribution is 7.08. The van der Waals surface area contributed by atoms with Gasteiger partial charge in [-0.15, -0.1) is 0 Å². The van der Waals surface area contributed by atoms with E-state index in [-0.39, 0.29) is 5.91 Å². The number of amides is 1. The predicted octanol–water partition coefficient (Wildman–Crippen LogP) is 3.91. The Kier molecular flexibility index (Phi) is 5.55. The molecule has 0 saturated carbocycles. The molecule has 144 valence electrons. The Morgan fingerprint density at radius 3 is 2.82 bits per heavy atom. The summed E-state index contributed by atoms with van der Waals surface area (Å²) in [5.41, 5.74) is 3.14. The minimum absolute atomic E-state index is 0.195. The maximum atomic E-state index is 13.0. The van der Waals surface area contributed by atoms with Gasteiger partial charge in [0.2, 0.25) is 0 Å². The number of carbonyl (C=O) groups is 1. The molecule has 2 aromatic heterocycles. The normalized spacial score (nSPS) is 14.0. The van der Waals surface area contributed by atoms with Crippen LogP contribution in [0, 0.1) is 0 Å². The number of anilines is 2. The second-order valence-electron chi connectivity index (χ2n) is 6.37. The second kappa shape index (κ2) is 8.41. The SMILES string of the molecule is COc1cccc(NC(=O)c2ccc(-c3ccsc3)nc2N2CCOCC2)c1. The molecule has 1 fully saturated rings. The van der Waals surface area contributed by atoms with Crippen LogP contribution in [0.2, 0.25) is 0 Å². The molecule has 1 amide bonds. The second-order valence-corrected chi connectivity index (χ2v) is 7.15. The maximum Gasteiger partial charge on any atom is 0.259 e. The number of hydrogen-bond donors (Lipinski definition) is 1.